The molecule has 1 fully saturated rings. The third-order valence-corrected chi connectivity index (χ3v) is 2.63. The van der Waals surface area contributed by atoms with E-state index < -0.39 is 0 Å². The number of nitrogens with one attached hydrogen (secondary N) is 1. The molecule has 0 aromatic heterocycles. The van der Waals surface area contributed by atoms with Crippen LogP contribution in [0.1, 0.15) is 19.8 Å². The highest BCUT2D eigenvalue weighted by Crippen LogP contribution is 2.16. The van der Waals surface area contributed by atoms with Gasteiger partial charge in [-0.3, -0.25) is 9.59 Å². The quantitative estimate of drug-likeness (QED) is 0.696. The van der Waals surface area contributed by atoms with Crippen LogP contribution in [0.15, 0.2) is 0 Å². The lowest BCUT2D eigenvalue weighted by Gasteiger charge is -2.23. The number of carbonyl (C=O) groups excluding carboxylic acids is 2. The van der Waals surface area contributed by atoms with E-state index in [0.29, 0.717) is 6.54 Å². The molecule has 0 aliphatic carbocycles. The van der Waals surface area contributed by atoms with Crippen LogP contribution in [-0.2, 0) is 9.59 Å². The number of hydrogen-bond acceptors (Lipinski definition) is 2. The molecule has 1 rings (SSSR count). The van der Waals surface area contributed by atoms with Crippen molar-refractivity contribution in [2.45, 2.75) is 25.8 Å². The van der Waals surface area contributed by atoms with Gasteiger partial charge in [-0.15, -0.1) is 11.6 Å². The monoisotopic (exact) mass is 218 g/mol. The van der Waals surface area contributed by atoms with E-state index in [1.54, 1.807) is 4.90 Å². The van der Waals surface area contributed by atoms with Crippen molar-refractivity contribution in [3.05, 3.63) is 0 Å². The fraction of sp³-hybridized carbons (Fsp3) is 0.778. The number of carbonyl (C=O) groups is 2. The molecular formula is C9H15ClN2O2. The largest absolute Gasteiger partial charge is 0.354 e. The predicted molar refractivity (Wildman–Crippen MR) is 54.1 cm³/mol. The molecule has 0 radical (unpaired) electrons. The van der Waals surface area contributed by atoms with Crippen LogP contribution in [0.5, 0.6) is 0 Å². The Morgan fingerprint density at radius 1 is 1.57 bits per heavy atom. The van der Waals surface area contributed by atoms with Crippen molar-refractivity contribution in [1.29, 1.82) is 0 Å². The van der Waals surface area contributed by atoms with Crippen molar-refractivity contribution < 1.29 is 9.59 Å². The third-order valence-electron chi connectivity index (χ3n) is 2.40. The highest BCUT2D eigenvalue weighted by atomic mass is 35.5. The van der Waals surface area contributed by atoms with Crippen molar-refractivity contribution in [3.63, 3.8) is 0 Å². The van der Waals surface area contributed by atoms with Gasteiger partial charge >= 0.3 is 0 Å². The molecule has 80 valence electrons. The third kappa shape index (κ3) is 2.87. The average molecular weight is 219 g/mol. The molecule has 1 atom stereocenters. The molecule has 1 saturated heterocycles. The van der Waals surface area contributed by atoms with Gasteiger partial charge in [0.05, 0.1) is 0 Å². The Labute approximate surface area is 88.6 Å². The van der Waals surface area contributed by atoms with Gasteiger partial charge in [0.15, 0.2) is 0 Å². The number of nitrogens with zero attached hydrogens (tertiary/aromatic N) is 1. The van der Waals surface area contributed by atoms with Gasteiger partial charge in [-0.1, -0.05) is 0 Å². The summed E-state index contributed by atoms with van der Waals surface area (Å²) in [7, 11) is 0. The van der Waals surface area contributed by atoms with Crippen molar-refractivity contribution in [2.75, 3.05) is 19.0 Å². The number of amides is 2. The van der Waals surface area contributed by atoms with Crippen LogP contribution >= 0.6 is 11.6 Å². The molecule has 4 nitrogen and oxygen atoms in total. The Morgan fingerprint density at radius 2 is 2.29 bits per heavy atom. The molecule has 0 aromatic carbocycles. The maximum absolute atomic E-state index is 11.4. The van der Waals surface area contributed by atoms with Gasteiger partial charge in [-0.05, 0) is 12.8 Å². The van der Waals surface area contributed by atoms with Crippen molar-refractivity contribution in [1.82, 2.24) is 10.2 Å². The second kappa shape index (κ2) is 5.20. The lowest BCUT2D eigenvalue weighted by atomic mass is 10.2. The van der Waals surface area contributed by atoms with Gasteiger partial charge in [0, 0.05) is 26.1 Å². The number of halogens is 1. The minimum absolute atomic E-state index is 0.0244. The minimum atomic E-state index is -0.0600. The topological polar surface area (TPSA) is 49.4 Å². The van der Waals surface area contributed by atoms with E-state index in [2.05, 4.69) is 5.32 Å². The predicted octanol–water partition coefficient (Wildman–Crippen LogP) is 0.352. The van der Waals surface area contributed by atoms with E-state index in [1.807, 2.05) is 0 Å². The Kier molecular flexibility index (Phi) is 4.20. The van der Waals surface area contributed by atoms with E-state index in [0.717, 1.165) is 19.4 Å². The number of hydrogen-bond donors (Lipinski definition) is 1. The summed E-state index contributed by atoms with van der Waals surface area (Å²) >= 11 is 5.48. The molecule has 14 heavy (non-hydrogen) atoms. The Morgan fingerprint density at radius 3 is 2.86 bits per heavy atom. The van der Waals surface area contributed by atoms with Crippen LogP contribution in [0.4, 0.5) is 0 Å². The maximum Gasteiger partial charge on any atom is 0.237 e. The molecule has 2 amide bonds. The minimum Gasteiger partial charge on any atom is -0.354 e. The first-order valence-electron chi connectivity index (χ1n) is 4.75. The van der Waals surface area contributed by atoms with E-state index in [1.165, 1.54) is 6.92 Å². The summed E-state index contributed by atoms with van der Waals surface area (Å²) in [5.41, 5.74) is 0. The van der Waals surface area contributed by atoms with Crippen LogP contribution < -0.4 is 5.32 Å². The highest BCUT2D eigenvalue weighted by molar-refractivity contribution is 6.27. The molecule has 0 saturated carbocycles. The molecule has 0 unspecified atom stereocenters. The second-order valence-corrected chi connectivity index (χ2v) is 3.72. The fourth-order valence-corrected chi connectivity index (χ4v) is 1.87. The Balaban J connectivity index is 2.42. The van der Waals surface area contributed by atoms with Gasteiger partial charge in [-0.25, -0.2) is 0 Å². The molecule has 0 spiro atoms. The molecule has 1 N–H and O–H groups in total. The number of rotatable bonds is 3. The van der Waals surface area contributed by atoms with Gasteiger partial charge in [0.1, 0.15) is 5.88 Å². The fourth-order valence-electron chi connectivity index (χ4n) is 1.71. The molecule has 1 aliphatic heterocycles. The Hall–Kier alpha value is -0.770. The molecule has 5 heteroatoms. The summed E-state index contributed by atoms with van der Waals surface area (Å²) < 4.78 is 0. The van der Waals surface area contributed by atoms with Gasteiger partial charge < -0.3 is 10.2 Å². The average Bonchev–Trinajstić information content (AvgIpc) is 2.61. The highest BCUT2D eigenvalue weighted by Gasteiger charge is 2.27. The van der Waals surface area contributed by atoms with Crippen LogP contribution in [0.3, 0.4) is 0 Å². The van der Waals surface area contributed by atoms with E-state index in [-0.39, 0.29) is 23.7 Å². The summed E-state index contributed by atoms with van der Waals surface area (Å²) in [5.74, 6) is -0.0778. The van der Waals surface area contributed by atoms with E-state index >= 15 is 0 Å². The van der Waals surface area contributed by atoms with Crippen molar-refractivity contribution in [3.8, 4) is 0 Å². The normalized spacial score (nSPS) is 21.0. The van der Waals surface area contributed by atoms with Gasteiger partial charge in [0.2, 0.25) is 11.8 Å². The van der Waals surface area contributed by atoms with Crippen LogP contribution in [0, 0.1) is 0 Å². The van der Waals surface area contributed by atoms with Crippen molar-refractivity contribution >= 4 is 23.4 Å². The van der Waals surface area contributed by atoms with Gasteiger partial charge in [0.25, 0.3) is 0 Å². The van der Waals surface area contributed by atoms with E-state index in [9.17, 15) is 9.59 Å². The molecule has 0 aromatic rings. The van der Waals surface area contributed by atoms with Crippen LogP contribution in [0.2, 0.25) is 0 Å². The smallest absolute Gasteiger partial charge is 0.237 e. The summed E-state index contributed by atoms with van der Waals surface area (Å²) in [4.78, 5) is 23.8. The summed E-state index contributed by atoms with van der Waals surface area (Å²) in [6, 6.07) is 0.130. The zero-order valence-electron chi connectivity index (χ0n) is 8.25. The summed E-state index contributed by atoms with van der Waals surface area (Å²) in [6.45, 7) is 2.77. The number of likely N-dealkylation sites (tertiary alicyclic amines) is 1. The van der Waals surface area contributed by atoms with Crippen molar-refractivity contribution in [2.24, 2.45) is 0 Å². The second-order valence-electron chi connectivity index (χ2n) is 3.45. The SMILES string of the molecule is CC(=O)NC[C@H]1CCCN1C(=O)CCl. The molecular weight excluding hydrogens is 204 g/mol. The first kappa shape index (κ1) is 11.3. The van der Waals surface area contributed by atoms with Crippen LogP contribution in [-0.4, -0.2) is 41.7 Å². The standard InChI is InChI=1S/C9H15ClN2O2/c1-7(13)11-6-8-3-2-4-12(8)9(14)5-10/h8H,2-6H2,1H3,(H,11,13)/t8-/m1/s1. The molecule has 1 heterocycles. The van der Waals surface area contributed by atoms with Gasteiger partial charge in [-0.2, -0.15) is 0 Å². The summed E-state index contributed by atoms with van der Waals surface area (Å²) in [5, 5.41) is 2.72. The van der Waals surface area contributed by atoms with E-state index in [4.69, 9.17) is 11.6 Å². The Bertz CT molecular complexity index is 233. The maximum atomic E-state index is 11.4. The first-order valence-corrected chi connectivity index (χ1v) is 5.28. The lowest BCUT2D eigenvalue weighted by Crippen LogP contribution is -2.43. The lowest BCUT2D eigenvalue weighted by molar-refractivity contribution is -0.129. The zero-order valence-corrected chi connectivity index (χ0v) is 9.01. The zero-order chi connectivity index (χ0) is 10.6. The van der Waals surface area contributed by atoms with Crippen LogP contribution in [0.25, 0.3) is 0 Å². The molecule has 0 bridgehead atoms. The first-order chi connectivity index (χ1) is 6.65. The molecule has 1 aliphatic rings. The summed E-state index contributed by atoms with van der Waals surface area (Å²) in [6.07, 6.45) is 1.94. The number of alkyl halides is 1.